The largest absolute Gasteiger partial charge is 0.453 e. The first-order valence-electron chi connectivity index (χ1n) is 12.4. The van der Waals surface area contributed by atoms with Crippen molar-refractivity contribution in [3.63, 3.8) is 0 Å². The van der Waals surface area contributed by atoms with Gasteiger partial charge in [-0.15, -0.1) is 0 Å². The number of H-pyrrole nitrogens is 1. The van der Waals surface area contributed by atoms with Gasteiger partial charge in [-0.1, -0.05) is 17.7 Å². The number of aromatic nitrogens is 2. The van der Waals surface area contributed by atoms with Crippen LogP contribution >= 0.6 is 11.6 Å². The zero-order chi connectivity index (χ0) is 29.5. The Bertz CT molecular complexity index is 1520. The third-order valence-electron chi connectivity index (χ3n) is 6.06. The number of benzene rings is 2. The average Bonchev–Trinajstić information content (AvgIpc) is 3.43. The highest BCUT2D eigenvalue weighted by Gasteiger charge is 2.24. The smallest absolute Gasteiger partial charge is 0.411 e. The maximum Gasteiger partial charge on any atom is 0.411 e. The van der Waals surface area contributed by atoms with Crippen LogP contribution in [0.4, 0.5) is 26.2 Å². The van der Waals surface area contributed by atoms with Crippen molar-refractivity contribution in [2.45, 2.75) is 19.4 Å². The molecule has 0 fully saturated rings. The van der Waals surface area contributed by atoms with E-state index in [2.05, 4.69) is 36.0 Å². The highest BCUT2D eigenvalue weighted by Crippen LogP contribution is 2.31. The number of hydrogen-bond donors (Lipinski definition) is 6. The molecule has 1 aromatic heterocycles. The van der Waals surface area contributed by atoms with Crippen LogP contribution in [0.2, 0.25) is 5.02 Å². The molecular weight excluding hydrogens is 557 g/mol. The van der Waals surface area contributed by atoms with Gasteiger partial charge in [0.1, 0.15) is 11.9 Å². The minimum Gasteiger partial charge on any atom is -0.453 e. The number of hydrogen-bond acceptors (Lipinski definition) is 8. The molecule has 2 bridgehead atoms. The molecule has 2 aromatic carbocycles. The van der Waals surface area contributed by atoms with Gasteiger partial charge in [0.2, 0.25) is 5.91 Å². The molecular formula is C27H27ClFN7O5. The van der Waals surface area contributed by atoms with Gasteiger partial charge < -0.3 is 35.8 Å². The molecule has 41 heavy (non-hydrogen) atoms. The van der Waals surface area contributed by atoms with Gasteiger partial charge in [-0.3, -0.25) is 14.9 Å². The van der Waals surface area contributed by atoms with Crippen LogP contribution in [0.15, 0.2) is 53.9 Å². The van der Waals surface area contributed by atoms with Crippen LogP contribution in [-0.2, 0) is 19.1 Å². The van der Waals surface area contributed by atoms with E-state index in [1.165, 1.54) is 26.2 Å². The van der Waals surface area contributed by atoms with Gasteiger partial charge >= 0.3 is 6.09 Å². The van der Waals surface area contributed by atoms with Crippen LogP contribution in [-0.4, -0.2) is 54.4 Å². The predicted octanol–water partition coefficient (Wildman–Crippen LogP) is 4.60. The van der Waals surface area contributed by atoms with Gasteiger partial charge in [0.25, 0.3) is 5.91 Å². The second-order valence-electron chi connectivity index (χ2n) is 8.86. The Morgan fingerprint density at radius 2 is 2.07 bits per heavy atom. The molecule has 14 heteroatoms. The number of fused-ring (bicyclic) bond motifs is 4. The maximum atomic E-state index is 14.4. The summed E-state index contributed by atoms with van der Waals surface area (Å²) in [7, 11) is 1.24. The third-order valence-corrected chi connectivity index (χ3v) is 6.35. The van der Waals surface area contributed by atoms with Crippen molar-refractivity contribution in [3.8, 4) is 11.3 Å². The summed E-state index contributed by atoms with van der Waals surface area (Å²) in [5.41, 5.74) is 2.02. The standard InChI is InChI=1S/C27H27ClFN7O5/c1-14(32-19-5-3-4-18(28)24(19)29)17(11-30)26(38)36-22-13-41-9-8-23(37)34-20-10-15(33-27(39)40-2)6-7-16(20)21-12-31-25(22)35-21/h3-7,10-12,22,30,32H,8-9,13H2,1-2H3,(H,31,35)(H,33,39)(H,34,37)(H,36,38)/b17-14+,30-11?. The second-order valence-corrected chi connectivity index (χ2v) is 9.26. The Morgan fingerprint density at radius 1 is 1.27 bits per heavy atom. The summed E-state index contributed by atoms with van der Waals surface area (Å²) >= 11 is 5.85. The molecule has 4 rings (SSSR count). The molecule has 3 amide bonds. The fraction of sp³-hybridized carbons (Fsp3) is 0.222. The van der Waals surface area contributed by atoms with E-state index in [1.807, 2.05) is 0 Å². The number of carbonyl (C=O) groups is 3. The lowest BCUT2D eigenvalue weighted by atomic mass is 10.1. The number of anilines is 3. The minimum absolute atomic E-state index is 0.0214. The molecule has 3 aromatic rings. The summed E-state index contributed by atoms with van der Waals surface area (Å²) in [5.74, 6) is -1.30. The molecule has 214 valence electrons. The zero-order valence-corrected chi connectivity index (χ0v) is 22.8. The first-order valence-corrected chi connectivity index (χ1v) is 12.7. The number of aromatic amines is 1. The van der Waals surface area contributed by atoms with E-state index in [0.29, 0.717) is 28.5 Å². The first-order chi connectivity index (χ1) is 19.7. The number of carbonyl (C=O) groups excluding carboxylic acids is 3. The topological polar surface area (TPSA) is 170 Å². The highest BCUT2D eigenvalue weighted by molar-refractivity contribution is 6.31. The number of nitrogens with one attached hydrogen (secondary N) is 6. The van der Waals surface area contributed by atoms with Crippen LogP contribution in [0.1, 0.15) is 25.2 Å². The number of ether oxygens (including phenoxy) is 2. The monoisotopic (exact) mass is 583 g/mol. The molecule has 0 radical (unpaired) electrons. The number of allylic oxidation sites excluding steroid dienone is 1. The summed E-state index contributed by atoms with van der Waals surface area (Å²) in [6.45, 7) is 1.55. The van der Waals surface area contributed by atoms with Crippen molar-refractivity contribution in [2.75, 3.05) is 36.3 Å². The number of methoxy groups -OCH3 is 1. The minimum atomic E-state index is -0.784. The Kier molecular flexibility index (Phi) is 9.32. The van der Waals surface area contributed by atoms with Gasteiger partial charge in [0.15, 0.2) is 5.82 Å². The van der Waals surface area contributed by atoms with Crippen LogP contribution in [0.25, 0.3) is 11.3 Å². The molecule has 0 saturated heterocycles. The molecule has 1 unspecified atom stereocenters. The molecule has 0 spiro atoms. The molecule has 1 aliphatic rings. The Morgan fingerprint density at radius 3 is 2.83 bits per heavy atom. The summed E-state index contributed by atoms with van der Waals surface area (Å²) in [4.78, 5) is 45.1. The Hall–Kier alpha value is -4.75. The lowest BCUT2D eigenvalue weighted by Crippen LogP contribution is -2.34. The van der Waals surface area contributed by atoms with Crippen molar-refractivity contribution < 1.29 is 28.2 Å². The van der Waals surface area contributed by atoms with E-state index in [9.17, 15) is 18.8 Å². The molecule has 2 heterocycles. The molecule has 1 atom stereocenters. The molecule has 6 N–H and O–H groups in total. The van der Waals surface area contributed by atoms with E-state index in [1.54, 1.807) is 30.5 Å². The van der Waals surface area contributed by atoms with Crippen molar-refractivity contribution >= 4 is 52.8 Å². The van der Waals surface area contributed by atoms with Crippen molar-refractivity contribution in [2.24, 2.45) is 0 Å². The number of imidazole rings is 1. The summed E-state index contributed by atoms with van der Waals surface area (Å²) in [6, 6.07) is 8.50. The molecule has 0 aliphatic carbocycles. The van der Waals surface area contributed by atoms with Gasteiger partial charge in [-0.25, -0.2) is 14.2 Å². The SMILES string of the molecule is COC(=O)Nc1ccc2c(c1)NC(=O)CCOCC(NC(=O)/C(C=N)=C(\C)Nc1cccc(Cl)c1F)c1nc-2c[nH]1. The van der Waals surface area contributed by atoms with Crippen LogP contribution in [0.5, 0.6) is 0 Å². The van der Waals surface area contributed by atoms with Gasteiger partial charge in [-0.05, 0) is 37.3 Å². The van der Waals surface area contributed by atoms with Crippen molar-refractivity contribution in [1.82, 2.24) is 15.3 Å². The predicted molar refractivity (Wildman–Crippen MR) is 152 cm³/mol. The Labute approximate surface area is 239 Å². The van der Waals surface area contributed by atoms with Crippen molar-refractivity contribution in [1.29, 1.82) is 5.41 Å². The van der Waals surface area contributed by atoms with E-state index in [-0.39, 0.29) is 47.5 Å². The van der Waals surface area contributed by atoms with Crippen LogP contribution < -0.4 is 21.3 Å². The summed E-state index contributed by atoms with van der Waals surface area (Å²) < 4.78 is 24.7. The lowest BCUT2D eigenvalue weighted by molar-refractivity contribution is -0.119. The maximum absolute atomic E-state index is 14.4. The van der Waals surface area contributed by atoms with Crippen LogP contribution in [0, 0.1) is 11.2 Å². The highest BCUT2D eigenvalue weighted by atomic mass is 35.5. The zero-order valence-electron chi connectivity index (χ0n) is 22.1. The fourth-order valence-electron chi connectivity index (χ4n) is 3.99. The summed E-state index contributed by atoms with van der Waals surface area (Å²) in [5, 5.41) is 18.7. The normalized spacial score (nSPS) is 15.6. The quantitative estimate of drug-likeness (QED) is 0.182. The fourth-order valence-corrected chi connectivity index (χ4v) is 4.16. The Balaban J connectivity index is 1.62. The van der Waals surface area contributed by atoms with Gasteiger partial charge in [0.05, 0.1) is 54.4 Å². The van der Waals surface area contributed by atoms with Gasteiger partial charge in [0, 0.05) is 29.4 Å². The van der Waals surface area contributed by atoms with Crippen LogP contribution in [0.3, 0.4) is 0 Å². The number of rotatable bonds is 6. The number of halogens is 2. The molecule has 1 aliphatic heterocycles. The van der Waals surface area contributed by atoms with E-state index in [0.717, 1.165) is 6.21 Å². The molecule has 12 nitrogen and oxygen atoms in total. The van der Waals surface area contributed by atoms with E-state index in [4.69, 9.17) is 21.7 Å². The number of amides is 3. The third kappa shape index (κ3) is 7.07. The summed E-state index contributed by atoms with van der Waals surface area (Å²) in [6.07, 6.45) is 1.81. The number of nitrogens with zero attached hydrogens (tertiary/aromatic N) is 1. The van der Waals surface area contributed by atoms with E-state index < -0.39 is 23.9 Å². The average molecular weight is 584 g/mol. The molecule has 0 saturated carbocycles. The van der Waals surface area contributed by atoms with Gasteiger partial charge in [-0.2, -0.15) is 0 Å². The van der Waals surface area contributed by atoms with E-state index >= 15 is 0 Å². The first kappa shape index (κ1) is 29.2. The second kappa shape index (κ2) is 13.1. The van der Waals surface area contributed by atoms with Crippen molar-refractivity contribution in [3.05, 3.63) is 70.5 Å². The lowest BCUT2D eigenvalue weighted by Gasteiger charge is -2.19.